The number of carboxylic acids is 1. The number of halogens is 1. The first-order chi connectivity index (χ1) is 19.3. The second-order valence-electron chi connectivity index (χ2n) is 12.3. The number of rotatable bonds is 7. The van der Waals surface area contributed by atoms with Gasteiger partial charge in [0.05, 0.1) is 42.8 Å². The van der Waals surface area contributed by atoms with Crippen LogP contribution in [0.1, 0.15) is 66.9 Å². The van der Waals surface area contributed by atoms with Crippen molar-refractivity contribution in [3.05, 3.63) is 58.1 Å². The molecule has 2 aromatic rings. The molecule has 216 valence electrons. The number of aliphatic hydroxyl groups is 1. The molecule has 8 heteroatoms. The van der Waals surface area contributed by atoms with Gasteiger partial charge in [-0.05, 0) is 98.7 Å². The van der Waals surface area contributed by atoms with Crippen molar-refractivity contribution < 1.29 is 29.2 Å². The zero-order valence-corrected chi connectivity index (χ0v) is 23.9. The van der Waals surface area contributed by atoms with Crippen molar-refractivity contribution in [1.29, 1.82) is 0 Å². The Labute approximate surface area is 241 Å². The number of aryl methyl sites for hydroxylation is 1. The summed E-state index contributed by atoms with van der Waals surface area (Å²) in [5.74, 6) is 0.683. The van der Waals surface area contributed by atoms with Crippen LogP contribution in [0.25, 0.3) is 0 Å². The molecule has 2 fully saturated rings. The van der Waals surface area contributed by atoms with Crippen LogP contribution in [-0.2, 0) is 21.3 Å². The number of anilines is 1. The number of ether oxygens (including phenoxy) is 3. The van der Waals surface area contributed by atoms with E-state index in [1.54, 1.807) is 12.1 Å². The van der Waals surface area contributed by atoms with E-state index in [0.717, 1.165) is 74.5 Å². The van der Waals surface area contributed by atoms with Gasteiger partial charge in [-0.2, -0.15) is 0 Å². The molecule has 2 heterocycles. The molecule has 1 unspecified atom stereocenters. The fraction of sp³-hybridized carbons (Fsp3) is 0.594. The monoisotopic (exact) mass is 569 g/mol. The Morgan fingerprint density at radius 1 is 1.23 bits per heavy atom. The summed E-state index contributed by atoms with van der Waals surface area (Å²) in [6, 6.07) is 11.5. The van der Waals surface area contributed by atoms with Gasteiger partial charge in [0.2, 0.25) is 0 Å². The maximum atomic E-state index is 11.9. The van der Waals surface area contributed by atoms with Gasteiger partial charge in [0.25, 0.3) is 0 Å². The molecule has 0 amide bonds. The highest BCUT2D eigenvalue weighted by Crippen LogP contribution is 2.47. The fourth-order valence-corrected chi connectivity index (χ4v) is 7.63. The van der Waals surface area contributed by atoms with Crippen LogP contribution in [0.5, 0.6) is 5.75 Å². The number of aromatic carboxylic acids is 1. The first kappa shape index (κ1) is 27.8. The van der Waals surface area contributed by atoms with Crippen molar-refractivity contribution in [3.63, 3.8) is 0 Å². The molecule has 7 nitrogen and oxygen atoms in total. The standard InChI is InChI=1S/C32H40ClNO6/c1-20(17-35)40-25-10-12-38-30(15-25)26-7-4-23(26)16-34-18-32(11-2-3-21-13-24(33)6-8-27(21)32)19-39-29-9-5-22(31(36)37)14-28(29)34/h5-6,8-9,13-14,20,23,25-26,30,35H,2-4,7,10-12,15-19H2,1H3,(H,36,37)/t20-,23-,25+,26+,30+,32?/m0/s1. The van der Waals surface area contributed by atoms with Gasteiger partial charge < -0.3 is 29.3 Å². The zero-order valence-electron chi connectivity index (χ0n) is 23.2. The minimum Gasteiger partial charge on any atom is -0.490 e. The predicted molar refractivity (Wildman–Crippen MR) is 154 cm³/mol. The van der Waals surface area contributed by atoms with Gasteiger partial charge in [-0.25, -0.2) is 4.79 Å². The van der Waals surface area contributed by atoms with Crippen LogP contribution in [0.2, 0.25) is 5.02 Å². The third kappa shape index (κ3) is 5.46. The Morgan fingerprint density at radius 3 is 2.88 bits per heavy atom. The van der Waals surface area contributed by atoms with E-state index in [-0.39, 0.29) is 35.9 Å². The number of benzene rings is 2. The molecule has 2 aliphatic carbocycles. The molecule has 0 aromatic heterocycles. The summed E-state index contributed by atoms with van der Waals surface area (Å²) in [7, 11) is 0. The van der Waals surface area contributed by atoms with E-state index >= 15 is 0 Å². The maximum Gasteiger partial charge on any atom is 0.335 e. The summed E-state index contributed by atoms with van der Waals surface area (Å²) in [5, 5.41) is 20.0. The molecular weight excluding hydrogens is 530 g/mol. The minimum atomic E-state index is -0.931. The highest BCUT2D eigenvalue weighted by Gasteiger charge is 2.45. The second kappa shape index (κ2) is 11.5. The van der Waals surface area contributed by atoms with E-state index < -0.39 is 5.97 Å². The van der Waals surface area contributed by atoms with Crippen LogP contribution >= 0.6 is 11.6 Å². The first-order valence-electron chi connectivity index (χ1n) is 14.8. The highest BCUT2D eigenvalue weighted by molar-refractivity contribution is 6.30. The molecule has 1 saturated carbocycles. The number of aliphatic hydroxyl groups excluding tert-OH is 1. The number of nitrogens with zero attached hydrogens (tertiary/aromatic N) is 1. The van der Waals surface area contributed by atoms with Gasteiger partial charge in [0, 0.05) is 36.6 Å². The van der Waals surface area contributed by atoms with Crippen LogP contribution in [0.15, 0.2) is 36.4 Å². The summed E-state index contributed by atoms with van der Waals surface area (Å²) in [6.45, 7) is 4.77. The molecule has 6 rings (SSSR count). The van der Waals surface area contributed by atoms with Crippen LogP contribution in [-0.4, -0.2) is 67.4 Å². The number of hydrogen-bond donors (Lipinski definition) is 2. The Bertz CT molecular complexity index is 1240. The fourth-order valence-electron chi connectivity index (χ4n) is 7.43. The van der Waals surface area contributed by atoms with E-state index in [2.05, 4.69) is 17.0 Å². The molecule has 0 radical (unpaired) electrons. The van der Waals surface area contributed by atoms with Gasteiger partial charge in [-0.3, -0.25) is 0 Å². The molecular formula is C32H40ClNO6. The Balaban J connectivity index is 1.28. The van der Waals surface area contributed by atoms with Crippen molar-refractivity contribution in [2.75, 3.05) is 37.8 Å². The summed E-state index contributed by atoms with van der Waals surface area (Å²) in [4.78, 5) is 14.3. The van der Waals surface area contributed by atoms with Gasteiger partial charge >= 0.3 is 5.97 Å². The van der Waals surface area contributed by atoms with E-state index in [1.165, 1.54) is 11.1 Å². The Kier molecular flexibility index (Phi) is 8.01. The number of hydrogen-bond acceptors (Lipinski definition) is 6. The topological polar surface area (TPSA) is 88.5 Å². The molecule has 2 aliphatic heterocycles. The van der Waals surface area contributed by atoms with E-state index in [4.69, 9.17) is 25.8 Å². The minimum absolute atomic E-state index is 0.0277. The third-order valence-electron chi connectivity index (χ3n) is 9.64. The molecule has 4 aliphatic rings. The van der Waals surface area contributed by atoms with Crippen molar-refractivity contribution in [2.45, 2.75) is 75.6 Å². The third-order valence-corrected chi connectivity index (χ3v) is 9.88. The van der Waals surface area contributed by atoms with Gasteiger partial charge in [-0.1, -0.05) is 17.7 Å². The average molecular weight is 570 g/mol. The predicted octanol–water partition coefficient (Wildman–Crippen LogP) is 5.48. The average Bonchev–Trinajstić information content (AvgIpc) is 3.08. The Hall–Kier alpha value is -2.32. The Morgan fingerprint density at radius 2 is 2.10 bits per heavy atom. The lowest BCUT2D eigenvalue weighted by Gasteiger charge is -2.48. The first-order valence-corrected chi connectivity index (χ1v) is 15.1. The molecule has 40 heavy (non-hydrogen) atoms. The summed E-state index contributed by atoms with van der Waals surface area (Å²) < 4.78 is 18.9. The van der Waals surface area contributed by atoms with Crippen LogP contribution in [0.3, 0.4) is 0 Å². The summed E-state index contributed by atoms with van der Waals surface area (Å²) >= 11 is 6.39. The van der Waals surface area contributed by atoms with Crippen molar-refractivity contribution in [2.24, 2.45) is 11.8 Å². The van der Waals surface area contributed by atoms with Gasteiger partial charge in [0.15, 0.2) is 0 Å². The zero-order chi connectivity index (χ0) is 27.9. The molecule has 2 N–H and O–H groups in total. The van der Waals surface area contributed by atoms with Crippen LogP contribution in [0.4, 0.5) is 5.69 Å². The molecule has 1 spiro atoms. The molecule has 6 atom stereocenters. The molecule has 2 aromatic carbocycles. The largest absolute Gasteiger partial charge is 0.490 e. The second-order valence-corrected chi connectivity index (χ2v) is 12.7. The quantitative estimate of drug-likeness (QED) is 0.456. The molecule has 0 bridgehead atoms. The van der Waals surface area contributed by atoms with Crippen molar-refractivity contribution in [3.8, 4) is 5.75 Å². The lowest BCUT2D eigenvalue weighted by molar-refractivity contribution is -0.134. The number of fused-ring (bicyclic) bond motifs is 3. The van der Waals surface area contributed by atoms with Crippen molar-refractivity contribution >= 4 is 23.3 Å². The van der Waals surface area contributed by atoms with Crippen LogP contribution < -0.4 is 9.64 Å². The normalized spacial score (nSPS) is 30.4. The smallest absolute Gasteiger partial charge is 0.335 e. The number of carboxylic acid groups (broad SMARTS) is 1. The number of carbonyl (C=O) groups is 1. The van der Waals surface area contributed by atoms with Gasteiger partial charge in [0.1, 0.15) is 5.75 Å². The van der Waals surface area contributed by atoms with Crippen LogP contribution in [0, 0.1) is 11.8 Å². The van der Waals surface area contributed by atoms with E-state index in [1.807, 2.05) is 19.1 Å². The SMILES string of the molecule is C[C@@H](CO)O[C@@H]1CCO[C@@H]([C@@H]2CC[C@H]2CN2CC3(CCCc4cc(Cl)ccc43)COc3ccc(C(=O)O)cc32)C1. The summed E-state index contributed by atoms with van der Waals surface area (Å²) in [5.41, 5.74) is 3.54. The summed E-state index contributed by atoms with van der Waals surface area (Å²) in [6.07, 6.45) is 7.13. The lowest BCUT2D eigenvalue weighted by atomic mass is 9.67. The molecule has 1 saturated heterocycles. The van der Waals surface area contributed by atoms with Gasteiger partial charge in [-0.15, -0.1) is 0 Å². The van der Waals surface area contributed by atoms with E-state index in [9.17, 15) is 15.0 Å². The van der Waals surface area contributed by atoms with E-state index in [0.29, 0.717) is 25.0 Å². The lowest BCUT2D eigenvalue weighted by Crippen LogP contribution is -2.51. The van der Waals surface area contributed by atoms with Crippen molar-refractivity contribution in [1.82, 2.24) is 0 Å². The highest BCUT2D eigenvalue weighted by atomic mass is 35.5. The maximum absolute atomic E-state index is 11.9.